The summed E-state index contributed by atoms with van der Waals surface area (Å²) in [5, 5.41) is 15.3. The van der Waals surface area contributed by atoms with Crippen LogP contribution in [-0.4, -0.2) is 22.4 Å². The predicted molar refractivity (Wildman–Crippen MR) is 103 cm³/mol. The van der Waals surface area contributed by atoms with Gasteiger partial charge in [0.15, 0.2) is 0 Å². The fraction of sp³-hybridized carbons (Fsp3) is 0.100. The molecule has 0 aliphatic heterocycles. The van der Waals surface area contributed by atoms with Crippen molar-refractivity contribution in [1.29, 1.82) is 5.26 Å². The first-order valence-electron chi connectivity index (χ1n) is 8.11. The molecular formula is C20H17N5O. The van der Waals surface area contributed by atoms with Crippen LogP contribution in [-0.2, 0) is 4.79 Å². The van der Waals surface area contributed by atoms with Crippen LogP contribution in [0.15, 0.2) is 61.3 Å². The highest BCUT2D eigenvalue weighted by Crippen LogP contribution is 2.26. The van der Waals surface area contributed by atoms with Crippen LogP contribution in [0.4, 0.5) is 11.6 Å². The number of nitriles is 1. The van der Waals surface area contributed by atoms with Crippen molar-refractivity contribution in [1.82, 2.24) is 9.97 Å². The molecule has 26 heavy (non-hydrogen) atoms. The Labute approximate surface area is 151 Å². The zero-order valence-corrected chi connectivity index (χ0v) is 14.1. The lowest BCUT2D eigenvalue weighted by Gasteiger charge is -2.08. The number of rotatable bonds is 6. The van der Waals surface area contributed by atoms with Gasteiger partial charge in [-0.2, -0.15) is 5.26 Å². The molecule has 3 aromatic rings. The number of nitrogens with zero attached hydrogens (tertiary/aromatic N) is 3. The Morgan fingerprint density at radius 1 is 1.23 bits per heavy atom. The fourth-order valence-corrected chi connectivity index (χ4v) is 2.49. The largest absolute Gasteiger partial charge is 0.353 e. The van der Waals surface area contributed by atoms with Crippen LogP contribution in [0.2, 0.25) is 0 Å². The standard InChI is InChI=1S/C20H17N5O/c1-2-19(26)24-17-6-3-5-14(11-17)15-7-8-16-13-23-20(22-10-4-9-21)25-18(16)12-15/h2-3,5-8,11-13H,1,4,10H2,(H,24,26)(H,22,23,25). The zero-order valence-electron chi connectivity index (χ0n) is 14.1. The van der Waals surface area contributed by atoms with Crippen LogP contribution in [0.25, 0.3) is 22.0 Å². The molecule has 6 heteroatoms. The second kappa shape index (κ2) is 7.90. The van der Waals surface area contributed by atoms with Crippen molar-refractivity contribution in [3.8, 4) is 17.2 Å². The van der Waals surface area contributed by atoms with Gasteiger partial charge in [-0.15, -0.1) is 0 Å². The minimum absolute atomic E-state index is 0.249. The number of hydrogen-bond acceptors (Lipinski definition) is 5. The third kappa shape index (κ3) is 4.02. The number of aromatic nitrogens is 2. The van der Waals surface area contributed by atoms with Crippen molar-refractivity contribution in [2.24, 2.45) is 0 Å². The van der Waals surface area contributed by atoms with Crippen molar-refractivity contribution in [3.05, 3.63) is 61.3 Å². The van der Waals surface area contributed by atoms with Crippen LogP contribution in [0.3, 0.4) is 0 Å². The van der Waals surface area contributed by atoms with Crippen molar-refractivity contribution in [3.63, 3.8) is 0 Å². The summed E-state index contributed by atoms with van der Waals surface area (Å²) >= 11 is 0. The summed E-state index contributed by atoms with van der Waals surface area (Å²) in [7, 11) is 0. The molecule has 0 unspecified atom stereocenters. The van der Waals surface area contributed by atoms with Crippen LogP contribution in [0.5, 0.6) is 0 Å². The summed E-state index contributed by atoms with van der Waals surface area (Å²) in [5.74, 6) is 0.249. The Balaban J connectivity index is 1.90. The van der Waals surface area contributed by atoms with E-state index in [9.17, 15) is 4.79 Å². The van der Waals surface area contributed by atoms with Crippen LogP contribution in [0, 0.1) is 11.3 Å². The Morgan fingerprint density at radius 2 is 2.08 bits per heavy atom. The van der Waals surface area contributed by atoms with Gasteiger partial charge in [0.2, 0.25) is 11.9 Å². The van der Waals surface area contributed by atoms with Crippen molar-refractivity contribution in [2.75, 3.05) is 17.2 Å². The average Bonchev–Trinajstić information content (AvgIpc) is 2.67. The van der Waals surface area contributed by atoms with Gasteiger partial charge in [-0.3, -0.25) is 4.79 Å². The van der Waals surface area contributed by atoms with E-state index in [4.69, 9.17) is 5.26 Å². The smallest absolute Gasteiger partial charge is 0.247 e. The minimum atomic E-state index is -0.249. The monoisotopic (exact) mass is 343 g/mol. The van der Waals surface area contributed by atoms with Crippen molar-refractivity contribution >= 4 is 28.4 Å². The summed E-state index contributed by atoms with van der Waals surface area (Å²) < 4.78 is 0. The van der Waals surface area contributed by atoms with Gasteiger partial charge in [-0.05, 0) is 35.4 Å². The molecule has 2 N–H and O–H groups in total. The third-order valence-corrected chi connectivity index (χ3v) is 3.75. The van der Waals surface area contributed by atoms with Crippen molar-refractivity contribution in [2.45, 2.75) is 6.42 Å². The van der Waals surface area contributed by atoms with E-state index in [0.717, 1.165) is 22.0 Å². The molecule has 1 amide bonds. The highest BCUT2D eigenvalue weighted by molar-refractivity contribution is 5.99. The first-order chi connectivity index (χ1) is 12.7. The molecule has 128 valence electrons. The normalized spacial score (nSPS) is 10.1. The Morgan fingerprint density at radius 3 is 2.88 bits per heavy atom. The van der Waals surface area contributed by atoms with Crippen LogP contribution < -0.4 is 10.6 Å². The zero-order chi connectivity index (χ0) is 18.4. The quantitative estimate of drug-likeness (QED) is 0.525. The minimum Gasteiger partial charge on any atom is -0.353 e. The van der Waals surface area contributed by atoms with E-state index >= 15 is 0 Å². The molecule has 3 rings (SSSR count). The molecule has 1 heterocycles. The summed E-state index contributed by atoms with van der Waals surface area (Å²) in [5.41, 5.74) is 3.45. The number of carbonyl (C=O) groups excluding carboxylic acids is 1. The molecule has 0 radical (unpaired) electrons. The SMILES string of the molecule is C=CC(=O)Nc1cccc(-c2ccc3cnc(NCCC#N)nc3c2)c1. The van der Waals surface area contributed by atoms with Gasteiger partial charge in [-0.1, -0.05) is 30.8 Å². The van der Waals surface area contributed by atoms with E-state index in [0.29, 0.717) is 24.6 Å². The van der Waals surface area contributed by atoms with Gasteiger partial charge in [0.05, 0.1) is 18.0 Å². The highest BCUT2D eigenvalue weighted by atomic mass is 16.1. The van der Waals surface area contributed by atoms with Gasteiger partial charge in [0.25, 0.3) is 0 Å². The molecule has 0 fully saturated rings. The molecule has 0 atom stereocenters. The molecular weight excluding hydrogens is 326 g/mol. The molecule has 0 spiro atoms. The van der Waals surface area contributed by atoms with E-state index in [1.165, 1.54) is 6.08 Å². The van der Waals surface area contributed by atoms with E-state index in [2.05, 4.69) is 33.2 Å². The number of fused-ring (bicyclic) bond motifs is 1. The molecule has 0 saturated carbocycles. The predicted octanol–water partition coefficient (Wildman–Crippen LogP) is 3.75. The Hall–Kier alpha value is -3.72. The highest BCUT2D eigenvalue weighted by Gasteiger charge is 2.05. The second-order valence-corrected chi connectivity index (χ2v) is 5.58. The summed E-state index contributed by atoms with van der Waals surface area (Å²) in [4.78, 5) is 20.2. The van der Waals surface area contributed by atoms with E-state index < -0.39 is 0 Å². The number of carbonyl (C=O) groups is 1. The van der Waals surface area contributed by atoms with E-state index in [1.807, 2.05) is 42.5 Å². The Bertz CT molecular complexity index is 1010. The van der Waals surface area contributed by atoms with E-state index in [-0.39, 0.29) is 5.91 Å². The molecule has 6 nitrogen and oxygen atoms in total. The second-order valence-electron chi connectivity index (χ2n) is 5.58. The number of nitrogens with one attached hydrogen (secondary N) is 2. The number of hydrogen-bond donors (Lipinski definition) is 2. The lowest BCUT2D eigenvalue weighted by atomic mass is 10.0. The maximum Gasteiger partial charge on any atom is 0.247 e. The van der Waals surface area contributed by atoms with Crippen LogP contribution in [0.1, 0.15) is 6.42 Å². The van der Waals surface area contributed by atoms with Gasteiger partial charge in [0.1, 0.15) is 0 Å². The number of anilines is 2. The van der Waals surface area contributed by atoms with E-state index in [1.54, 1.807) is 6.20 Å². The van der Waals surface area contributed by atoms with Gasteiger partial charge < -0.3 is 10.6 Å². The molecule has 0 aliphatic carbocycles. The lowest BCUT2D eigenvalue weighted by molar-refractivity contribution is -0.111. The first-order valence-corrected chi connectivity index (χ1v) is 8.11. The van der Waals surface area contributed by atoms with Crippen LogP contribution >= 0.6 is 0 Å². The molecule has 2 aromatic carbocycles. The number of benzene rings is 2. The van der Waals surface area contributed by atoms with Crippen molar-refractivity contribution < 1.29 is 4.79 Å². The molecule has 1 aromatic heterocycles. The number of amides is 1. The van der Waals surface area contributed by atoms with Gasteiger partial charge in [0, 0.05) is 23.8 Å². The third-order valence-electron chi connectivity index (χ3n) is 3.75. The maximum atomic E-state index is 11.5. The topological polar surface area (TPSA) is 90.7 Å². The summed E-state index contributed by atoms with van der Waals surface area (Å²) in [6.45, 7) is 3.96. The van der Waals surface area contributed by atoms with Gasteiger partial charge >= 0.3 is 0 Å². The van der Waals surface area contributed by atoms with Gasteiger partial charge in [-0.25, -0.2) is 9.97 Å². The molecule has 0 aliphatic rings. The molecule has 0 saturated heterocycles. The maximum absolute atomic E-state index is 11.5. The fourth-order valence-electron chi connectivity index (χ4n) is 2.49. The first kappa shape index (κ1) is 17.1. The molecule has 0 bridgehead atoms. The summed E-state index contributed by atoms with van der Waals surface area (Å²) in [6, 6.07) is 15.6. The summed E-state index contributed by atoms with van der Waals surface area (Å²) in [6.07, 6.45) is 3.38. The Kier molecular flexibility index (Phi) is 5.20. The lowest BCUT2D eigenvalue weighted by Crippen LogP contribution is -2.07. The average molecular weight is 343 g/mol.